The van der Waals surface area contributed by atoms with Gasteiger partial charge in [-0.15, -0.1) is 0 Å². The average Bonchev–Trinajstić information content (AvgIpc) is 2.47. The monoisotopic (exact) mass is 304 g/mol. The van der Waals surface area contributed by atoms with E-state index in [9.17, 15) is 13.2 Å². The lowest BCUT2D eigenvalue weighted by Crippen LogP contribution is -2.41. The maximum atomic E-state index is 13.4. The summed E-state index contributed by atoms with van der Waals surface area (Å²) in [6.45, 7) is 5.26. The molecule has 0 saturated heterocycles. The molecule has 2 atom stereocenters. The van der Waals surface area contributed by atoms with Crippen molar-refractivity contribution >= 4 is 0 Å². The minimum absolute atomic E-state index is 0.157. The van der Waals surface area contributed by atoms with E-state index in [4.69, 9.17) is 10.5 Å². The highest BCUT2D eigenvalue weighted by Crippen LogP contribution is 2.26. The molecular formula is C15H23F3N2O. The SMILES string of the molecule is CCC(C)N(CCOC)C(CN)c1cc(F)c(F)c(F)c1. The van der Waals surface area contributed by atoms with Crippen molar-refractivity contribution in [2.24, 2.45) is 5.73 Å². The standard InChI is InChI=1S/C15H23F3N2O/c1-4-10(2)20(5-6-21-3)14(9-19)11-7-12(16)15(18)13(17)8-11/h7-8,10,14H,4-6,9,19H2,1-3H3. The van der Waals surface area contributed by atoms with Crippen LogP contribution in [0.4, 0.5) is 13.2 Å². The number of methoxy groups -OCH3 is 1. The van der Waals surface area contributed by atoms with Crippen LogP contribution in [-0.2, 0) is 4.74 Å². The summed E-state index contributed by atoms with van der Waals surface area (Å²) in [6.07, 6.45) is 0.854. The molecule has 0 spiro atoms. The van der Waals surface area contributed by atoms with Crippen molar-refractivity contribution in [1.29, 1.82) is 0 Å². The quantitative estimate of drug-likeness (QED) is 0.751. The van der Waals surface area contributed by atoms with Gasteiger partial charge in [-0.1, -0.05) is 6.92 Å². The molecule has 1 aromatic rings. The molecule has 0 aliphatic heterocycles. The zero-order valence-corrected chi connectivity index (χ0v) is 12.7. The Bertz CT molecular complexity index is 434. The molecule has 1 aromatic carbocycles. The molecule has 0 fully saturated rings. The van der Waals surface area contributed by atoms with Crippen LogP contribution in [0.25, 0.3) is 0 Å². The van der Waals surface area contributed by atoms with Crippen LogP contribution in [0.2, 0.25) is 0 Å². The number of benzene rings is 1. The third-order valence-electron chi connectivity index (χ3n) is 3.73. The minimum atomic E-state index is -1.46. The van der Waals surface area contributed by atoms with Crippen molar-refractivity contribution in [3.8, 4) is 0 Å². The molecule has 2 N–H and O–H groups in total. The Morgan fingerprint density at radius 3 is 2.24 bits per heavy atom. The maximum absolute atomic E-state index is 13.4. The van der Waals surface area contributed by atoms with Crippen LogP contribution < -0.4 is 5.73 Å². The lowest BCUT2D eigenvalue weighted by molar-refractivity contribution is 0.0899. The highest BCUT2D eigenvalue weighted by Gasteiger charge is 2.25. The summed E-state index contributed by atoms with van der Waals surface area (Å²) in [6, 6.07) is 1.79. The molecular weight excluding hydrogens is 281 g/mol. The Kier molecular flexibility index (Phi) is 7.14. The zero-order valence-electron chi connectivity index (χ0n) is 12.7. The minimum Gasteiger partial charge on any atom is -0.383 e. The smallest absolute Gasteiger partial charge is 0.194 e. The van der Waals surface area contributed by atoms with Crippen LogP contribution in [0, 0.1) is 17.5 Å². The Labute approximate surface area is 123 Å². The van der Waals surface area contributed by atoms with Crippen molar-refractivity contribution in [2.45, 2.75) is 32.4 Å². The summed E-state index contributed by atoms with van der Waals surface area (Å²) in [4.78, 5) is 2.02. The number of nitrogens with two attached hydrogens (primary N) is 1. The molecule has 0 heterocycles. The zero-order chi connectivity index (χ0) is 16.0. The first-order chi connectivity index (χ1) is 9.96. The second kappa shape index (κ2) is 8.36. The molecule has 0 radical (unpaired) electrons. The Morgan fingerprint density at radius 2 is 1.81 bits per heavy atom. The molecule has 0 aliphatic carbocycles. The first-order valence-corrected chi connectivity index (χ1v) is 7.05. The van der Waals surface area contributed by atoms with E-state index in [1.807, 2.05) is 18.7 Å². The number of rotatable bonds is 8. The second-order valence-corrected chi connectivity index (χ2v) is 5.04. The van der Waals surface area contributed by atoms with E-state index in [-0.39, 0.29) is 18.6 Å². The number of halogens is 3. The summed E-state index contributed by atoms with van der Waals surface area (Å²) in [5.74, 6) is -3.85. The van der Waals surface area contributed by atoms with Crippen molar-refractivity contribution in [1.82, 2.24) is 4.90 Å². The van der Waals surface area contributed by atoms with Gasteiger partial charge in [0.25, 0.3) is 0 Å². The first kappa shape index (κ1) is 17.9. The number of nitrogens with zero attached hydrogens (tertiary/aromatic N) is 1. The van der Waals surface area contributed by atoms with Crippen LogP contribution in [0.15, 0.2) is 12.1 Å². The van der Waals surface area contributed by atoms with Gasteiger partial charge < -0.3 is 10.5 Å². The summed E-state index contributed by atoms with van der Waals surface area (Å²) in [7, 11) is 1.59. The van der Waals surface area contributed by atoms with Gasteiger partial charge in [-0.25, -0.2) is 13.2 Å². The molecule has 21 heavy (non-hydrogen) atoms. The van der Waals surface area contributed by atoms with Crippen molar-refractivity contribution in [3.05, 3.63) is 35.1 Å². The topological polar surface area (TPSA) is 38.5 Å². The van der Waals surface area contributed by atoms with Gasteiger partial charge in [0, 0.05) is 32.3 Å². The highest BCUT2D eigenvalue weighted by atomic mass is 19.2. The van der Waals surface area contributed by atoms with Gasteiger partial charge in [0.15, 0.2) is 17.5 Å². The van der Waals surface area contributed by atoms with E-state index in [1.54, 1.807) is 7.11 Å². The van der Waals surface area contributed by atoms with Crippen LogP contribution in [0.5, 0.6) is 0 Å². The van der Waals surface area contributed by atoms with Gasteiger partial charge in [-0.05, 0) is 31.0 Å². The molecule has 0 aliphatic rings. The van der Waals surface area contributed by atoms with Gasteiger partial charge in [-0.2, -0.15) is 0 Å². The number of ether oxygens (including phenoxy) is 1. The fourth-order valence-corrected chi connectivity index (χ4v) is 2.35. The van der Waals surface area contributed by atoms with E-state index in [1.165, 1.54) is 0 Å². The summed E-state index contributed by atoms with van der Waals surface area (Å²) >= 11 is 0. The second-order valence-electron chi connectivity index (χ2n) is 5.04. The number of hydrogen-bond donors (Lipinski definition) is 1. The van der Waals surface area contributed by atoms with E-state index in [2.05, 4.69) is 0 Å². The lowest BCUT2D eigenvalue weighted by Gasteiger charge is -2.35. The van der Waals surface area contributed by atoms with E-state index < -0.39 is 17.5 Å². The summed E-state index contributed by atoms with van der Waals surface area (Å²) < 4.78 is 45.0. The Morgan fingerprint density at radius 1 is 1.24 bits per heavy atom. The molecule has 0 bridgehead atoms. The molecule has 3 nitrogen and oxygen atoms in total. The third kappa shape index (κ3) is 4.43. The molecule has 0 aromatic heterocycles. The molecule has 6 heteroatoms. The van der Waals surface area contributed by atoms with Crippen LogP contribution >= 0.6 is 0 Å². The normalized spacial score (nSPS) is 14.5. The lowest BCUT2D eigenvalue weighted by atomic mass is 10.0. The van der Waals surface area contributed by atoms with Crippen molar-refractivity contribution in [3.63, 3.8) is 0 Å². The predicted octanol–water partition coefficient (Wildman–Crippen LogP) is 2.85. The molecule has 0 saturated carbocycles. The number of hydrogen-bond acceptors (Lipinski definition) is 3. The van der Waals surface area contributed by atoms with Gasteiger partial charge >= 0.3 is 0 Å². The Hall–Kier alpha value is -1.11. The highest BCUT2D eigenvalue weighted by molar-refractivity contribution is 5.23. The molecule has 0 amide bonds. The van der Waals surface area contributed by atoms with Crippen LogP contribution in [0.1, 0.15) is 31.9 Å². The summed E-state index contributed by atoms with van der Waals surface area (Å²) in [5.41, 5.74) is 6.13. The predicted molar refractivity (Wildman–Crippen MR) is 76.4 cm³/mol. The van der Waals surface area contributed by atoms with Crippen molar-refractivity contribution in [2.75, 3.05) is 26.8 Å². The van der Waals surface area contributed by atoms with Gasteiger partial charge in [0.1, 0.15) is 0 Å². The first-order valence-electron chi connectivity index (χ1n) is 7.05. The van der Waals surface area contributed by atoms with Crippen LogP contribution in [-0.4, -0.2) is 37.7 Å². The molecule has 2 unspecified atom stereocenters. The van der Waals surface area contributed by atoms with Crippen molar-refractivity contribution < 1.29 is 17.9 Å². The van der Waals surface area contributed by atoms with Gasteiger partial charge in [0.05, 0.1) is 6.61 Å². The Balaban J connectivity index is 3.12. The van der Waals surface area contributed by atoms with E-state index >= 15 is 0 Å². The van der Waals surface area contributed by atoms with Gasteiger partial charge in [0.2, 0.25) is 0 Å². The van der Waals surface area contributed by atoms with Crippen LogP contribution in [0.3, 0.4) is 0 Å². The van der Waals surface area contributed by atoms with E-state index in [0.29, 0.717) is 18.7 Å². The fraction of sp³-hybridized carbons (Fsp3) is 0.600. The van der Waals surface area contributed by atoms with E-state index in [0.717, 1.165) is 18.6 Å². The largest absolute Gasteiger partial charge is 0.383 e. The molecule has 120 valence electrons. The third-order valence-corrected chi connectivity index (χ3v) is 3.73. The van der Waals surface area contributed by atoms with Gasteiger partial charge in [-0.3, -0.25) is 4.90 Å². The summed E-state index contributed by atoms with van der Waals surface area (Å²) in [5, 5.41) is 0. The fourth-order valence-electron chi connectivity index (χ4n) is 2.35. The average molecular weight is 304 g/mol. The molecule has 1 rings (SSSR count). The maximum Gasteiger partial charge on any atom is 0.194 e.